The van der Waals surface area contributed by atoms with Crippen LogP contribution in [0.4, 0.5) is 5.69 Å². The maximum Gasteiger partial charge on any atom is 0.129 e. The minimum absolute atomic E-state index is 0.678. The maximum absolute atomic E-state index is 6.52. The highest BCUT2D eigenvalue weighted by molar-refractivity contribution is 6.32. The van der Waals surface area contributed by atoms with Crippen molar-refractivity contribution in [1.29, 1.82) is 0 Å². The molecule has 0 saturated carbocycles. The molecule has 0 amide bonds. The van der Waals surface area contributed by atoms with Crippen molar-refractivity contribution in [3.63, 3.8) is 0 Å². The van der Waals surface area contributed by atoms with E-state index in [-0.39, 0.29) is 0 Å². The molecule has 0 spiro atoms. The van der Waals surface area contributed by atoms with Gasteiger partial charge in [-0.2, -0.15) is 0 Å². The highest BCUT2D eigenvalue weighted by atomic mass is 35.5. The fourth-order valence-corrected chi connectivity index (χ4v) is 4.01. The van der Waals surface area contributed by atoms with E-state index in [1.807, 2.05) is 82.6 Å². The van der Waals surface area contributed by atoms with Gasteiger partial charge in [0.2, 0.25) is 0 Å². The van der Waals surface area contributed by atoms with Gasteiger partial charge in [0, 0.05) is 24.9 Å². The summed E-state index contributed by atoms with van der Waals surface area (Å²) in [6, 6.07) is 11.6. The fraction of sp³-hybridized carbons (Fsp3) is 0.250. The summed E-state index contributed by atoms with van der Waals surface area (Å²) >= 11 is 6.52. The van der Waals surface area contributed by atoms with Gasteiger partial charge in [-0.3, -0.25) is 4.99 Å². The normalized spacial score (nSPS) is 12.3. The molecule has 0 aliphatic rings. The fourth-order valence-electron chi connectivity index (χ4n) is 3.58. The van der Waals surface area contributed by atoms with Crippen LogP contribution >= 0.6 is 11.6 Å². The van der Waals surface area contributed by atoms with Crippen LogP contribution in [0.5, 0.6) is 11.5 Å². The van der Waals surface area contributed by atoms with Crippen molar-refractivity contribution in [1.82, 2.24) is 9.55 Å². The van der Waals surface area contributed by atoms with Crippen molar-refractivity contribution < 1.29 is 9.47 Å². The number of aryl methyl sites for hydroxylation is 2. The van der Waals surface area contributed by atoms with Crippen molar-refractivity contribution in [2.24, 2.45) is 12.0 Å². The second-order valence-electron chi connectivity index (χ2n) is 9.03. The Morgan fingerprint density at radius 3 is 2.29 bits per heavy atom. The number of aliphatic imine (C=N–C) groups is 1. The van der Waals surface area contributed by atoms with Gasteiger partial charge in [0.1, 0.15) is 17.3 Å². The van der Waals surface area contributed by atoms with Gasteiger partial charge < -0.3 is 14.0 Å². The Kier molecular flexibility index (Phi) is 11.4. The first kappa shape index (κ1) is 30.4. The van der Waals surface area contributed by atoms with Gasteiger partial charge in [0.25, 0.3) is 0 Å². The Morgan fingerprint density at radius 2 is 1.71 bits per heavy atom. The van der Waals surface area contributed by atoms with E-state index in [1.165, 1.54) is 0 Å². The summed E-state index contributed by atoms with van der Waals surface area (Å²) in [6.07, 6.45) is 6.00. The molecule has 0 aliphatic heterocycles. The molecule has 0 bridgehead atoms. The zero-order chi connectivity index (χ0) is 28.4. The topological polar surface area (TPSA) is 48.6 Å². The second-order valence-corrected chi connectivity index (χ2v) is 9.41. The molecule has 1 aromatic heterocycles. The SMILES string of the molecule is C=C(C)C(=C(\C)Oc1ccc2ncn(C)c2c1)/C(Cl)=C(\C)CC.C=CC=Nc1ccc(OC(=C)C)cc1C. The highest BCUT2D eigenvalue weighted by Gasteiger charge is 2.13. The Labute approximate surface area is 232 Å². The first-order valence-electron chi connectivity index (χ1n) is 12.4. The highest BCUT2D eigenvalue weighted by Crippen LogP contribution is 2.31. The predicted octanol–water partition coefficient (Wildman–Crippen LogP) is 9.52. The lowest BCUT2D eigenvalue weighted by Crippen LogP contribution is -2.00. The van der Waals surface area contributed by atoms with E-state index in [1.54, 1.807) is 18.6 Å². The molecule has 1 heterocycles. The minimum Gasteiger partial charge on any atom is -0.463 e. The molecule has 0 atom stereocenters. The summed E-state index contributed by atoms with van der Waals surface area (Å²) in [5, 5.41) is 0.721. The molecular weight excluding hydrogens is 494 g/mol. The van der Waals surface area contributed by atoms with Gasteiger partial charge in [-0.05, 0) is 82.5 Å². The van der Waals surface area contributed by atoms with E-state index in [2.05, 4.69) is 36.6 Å². The number of aromatic nitrogens is 2. The Balaban J connectivity index is 0.000000293. The van der Waals surface area contributed by atoms with Crippen LogP contribution in [-0.2, 0) is 7.05 Å². The van der Waals surface area contributed by atoms with Gasteiger partial charge in [0.15, 0.2) is 0 Å². The predicted molar refractivity (Wildman–Crippen MR) is 163 cm³/mol. The third-order valence-electron chi connectivity index (χ3n) is 5.65. The molecule has 0 fully saturated rings. The summed E-state index contributed by atoms with van der Waals surface area (Å²) < 4.78 is 13.4. The van der Waals surface area contributed by atoms with Crippen LogP contribution in [0.25, 0.3) is 11.0 Å². The number of imidazole rings is 1. The molecule has 0 N–H and O–H groups in total. The lowest BCUT2D eigenvalue weighted by Gasteiger charge is -2.15. The summed E-state index contributed by atoms with van der Waals surface area (Å²) in [6.45, 7) is 23.1. The quantitative estimate of drug-likeness (QED) is 0.157. The molecule has 2 aromatic carbocycles. The van der Waals surface area contributed by atoms with Crippen molar-refractivity contribution >= 4 is 34.5 Å². The van der Waals surface area contributed by atoms with E-state index in [4.69, 9.17) is 21.1 Å². The Bertz CT molecular complexity index is 1420. The van der Waals surface area contributed by atoms with Gasteiger partial charge in [-0.1, -0.05) is 49.9 Å². The number of halogens is 1. The van der Waals surface area contributed by atoms with Crippen LogP contribution in [0.3, 0.4) is 0 Å². The van der Waals surface area contributed by atoms with Crippen molar-refractivity contribution in [3.05, 3.63) is 107 Å². The smallest absolute Gasteiger partial charge is 0.129 e. The van der Waals surface area contributed by atoms with Gasteiger partial charge in [0.05, 0.1) is 33.8 Å². The van der Waals surface area contributed by atoms with E-state index >= 15 is 0 Å². The molecule has 3 aromatic rings. The Morgan fingerprint density at radius 1 is 1.05 bits per heavy atom. The standard InChI is InChI=1S/C19H23ClN2O.C13H15NO/c1-7-13(4)19(20)18(12(2)3)14(5)23-15-8-9-16-17(10-15)22(6)11-21-16;1-5-8-14-13-7-6-12(9-11(13)4)15-10(2)3/h8-11H,2,7H2,1,3-6H3;5-9H,1-2H2,3-4H3/b18-14-,19-13-;. The number of nitrogens with zero attached hydrogens (tertiary/aromatic N) is 3. The van der Waals surface area contributed by atoms with E-state index in [0.29, 0.717) is 5.76 Å². The van der Waals surface area contributed by atoms with Crippen molar-refractivity contribution in [3.8, 4) is 11.5 Å². The maximum atomic E-state index is 6.52. The summed E-state index contributed by atoms with van der Waals surface area (Å²) in [5.41, 5.74) is 6.84. The number of fused-ring (bicyclic) bond motifs is 1. The van der Waals surface area contributed by atoms with Crippen LogP contribution < -0.4 is 9.47 Å². The lowest BCUT2D eigenvalue weighted by atomic mass is 10.0. The number of benzene rings is 2. The zero-order valence-electron chi connectivity index (χ0n) is 23.6. The molecule has 0 aliphatic carbocycles. The summed E-state index contributed by atoms with van der Waals surface area (Å²) in [4.78, 5) is 8.54. The third-order valence-corrected chi connectivity index (χ3v) is 6.16. The molecule has 38 heavy (non-hydrogen) atoms. The summed E-state index contributed by atoms with van der Waals surface area (Å²) in [7, 11) is 1.96. The average molecular weight is 532 g/mol. The molecule has 0 saturated heterocycles. The van der Waals surface area contributed by atoms with Gasteiger partial charge >= 0.3 is 0 Å². The van der Waals surface area contributed by atoms with Crippen molar-refractivity contribution in [2.75, 3.05) is 0 Å². The molecule has 6 heteroatoms. The first-order chi connectivity index (χ1) is 18.0. The van der Waals surface area contributed by atoms with E-state index in [0.717, 1.165) is 67.7 Å². The van der Waals surface area contributed by atoms with Crippen LogP contribution in [0.2, 0.25) is 0 Å². The molecule has 200 valence electrons. The largest absolute Gasteiger partial charge is 0.463 e. The monoisotopic (exact) mass is 531 g/mol. The Hall–Kier alpha value is -3.83. The number of ether oxygens (including phenoxy) is 2. The van der Waals surface area contributed by atoms with Crippen LogP contribution in [0, 0.1) is 6.92 Å². The lowest BCUT2D eigenvalue weighted by molar-refractivity contribution is 0.424. The molecule has 5 nitrogen and oxygen atoms in total. The van der Waals surface area contributed by atoms with Gasteiger partial charge in [-0.15, -0.1) is 0 Å². The minimum atomic E-state index is 0.678. The molecule has 0 radical (unpaired) electrons. The van der Waals surface area contributed by atoms with Gasteiger partial charge in [-0.25, -0.2) is 4.98 Å². The first-order valence-corrected chi connectivity index (χ1v) is 12.8. The molecule has 0 unspecified atom stereocenters. The number of hydrogen-bond acceptors (Lipinski definition) is 4. The third kappa shape index (κ3) is 8.35. The second kappa shape index (κ2) is 14.2. The molecule has 3 rings (SSSR count). The summed E-state index contributed by atoms with van der Waals surface area (Å²) in [5.74, 6) is 2.97. The number of rotatable bonds is 9. The van der Waals surface area contributed by atoms with Crippen LogP contribution in [-0.4, -0.2) is 15.8 Å². The molecular formula is C32H38ClN3O2. The van der Waals surface area contributed by atoms with E-state index in [9.17, 15) is 0 Å². The van der Waals surface area contributed by atoms with E-state index < -0.39 is 0 Å². The van der Waals surface area contributed by atoms with Crippen LogP contribution in [0.15, 0.2) is 107 Å². The number of hydrogen-bond donors (Lipinski definition) is 0. The number of allylic oxidation sites excluding steroid dienone is 7. The zero-order valence-corrected chi connectivity index (χ0v) is 24.3. The van der Waals surface area contributed by atoms with Crippen LogP contribution in [0.1, 0.15) is 46.6 Å². The average Bonchev–Trinajstić information content (AvgIpc) is 3.22. The van der Waals surface area contributed by atoms with Crippen molar-refractivity contribution in [2.45, 2.75) is 48.0 Å².